The number of nitrogens with one attached hydrogen (secondary N) is 1. The van der Waals surface area contributed by atoms with E-state index in [-0.39, 0.29) is 31.1 Å². The van der Waals surface area contributed by atoms with Gasteiger partial charge in [0.25, 0.3) is 0 Å². The lowest BCUT2D eigenvalue weighted by atomic mass is 9.78. The number of aromatic nitrogens is 2. The number of alkyl halides is 2. The van der Waals surface area contributed by atoms with Crippen molar-refractivity contribution >= 4 is 29.5 Å². The van der Waals surface area contributed by atoms with E-state index in [1.54, 1.807) is 6.07 Å². The van der Waals surface area contributed by atoms with E-state index in [4.69, 9.17) is 9.47 Å². The number of halogens is 2. The van der Waals surface area contributed by atoms with Gasteiger partial charge in [-0.05, 0) is 19.1 Å². The number of rotatable bonds is 4. The van der Waals surface area contributed by atoms with Gasteiger partial charge in [-0.1, -0.05) is 11.8 Å². The summed E-state index contributed by atoms with van der Waals surface area (Å²) in [6.45, 7) is 3.31. The van der Waals surface area contributed by atoms with Crippen molar-refractivity contribution in [1.82, 2.24) is 9.97 Å². The first-order valence-corrected chi connectivity index (χ1v) is 10.2. The van der Waals surface area contributed by atoms with Crippen LogP contribution in [0.5, 0.6) is 0 Å². The first-order valence-electron chi connectivity index (χ1n) is 8.98. The summed E-state index contributed by atoms with van der Waals surface area (Å²) < 4.78 is 37.0. The number of anilines is 2. The molecule has 2 saturated heterocycles. The van der Waals surface area contributed by atoms with Crippen LogP contribution in [0.1, 0.15) is 25.7 Å². The van der Waals surface area contributed by atoms with Gasteiger partial charge in [-0.2, -0.15) is 0 Å². The molecule has 148 valence electrons. The minimum absolute atomic E-state index is 0.170. The number of thioether (sulfide) groups is 1. The third kappa shape index (κ3) is 4.11. The third-order valence-electron chi connectivity index (χ3n) is 5.24. The molecule has 3 aliphatic rings. The zero-order valence-electron chi connectivity index (χ0n) is 15.0. The quantitative estimate of drug-likeness (QED) is 0.614. The summed E-state index contributed by atoms with van der Waals surface area (Å²) in [6, 6.07) is 1.71. The van der Waals surface area contributed by atoms with Crippen molar-refractivity contribution in [3.05, 3.63) is 6.07 Å². The van der Waals surface area contributed by atoms with Gasteiger partial charge >= 0.3 is 6.09 Å². The Labute approximate surface area is 160 Å². The zero-order chi connectivity index (χ0) is 19.1. The van der Waals surface area contributed by atoms with Crippen LogP contribution in [0.15, 0.2) is 11.2 Å². The summed E-state index contributed by atoms with van der Waals surface area (Å²) in [5, 5.41) is 3.16. The molecule has 0 atom stereocenters. The molecule has 1 amide bonds. The van der Waals surface area contributed by atoms with E-state index < -0.39 is 18.1 Å². The van der Waals surface area contributed by atoms with Crippen LogP contribution in [-0.4, -0.2) is 60.6 Å². The third-order valence-corrected chi connectivity index (χ3v) is 5.78. The number of carbonyl (C=O) groups excluding carboxylic acids is 1. The second-order valence-corrected chi connectivity index (χ2v) is 8.31. The van der Waals surface area contributed by atoms with E-state index in [1.165, 1.54) is 11.8 Å². The first-order chi connectivity index (χ1) is 12.9. The maximum absolute atomic E-state index is 13.2. The van der Waals surface area contributed by atoms with Crippen LogP contribution in [0.4, 0.5) is 25.2 Å². The SMILES string of the molecule is CSc1nc(NC(=O)OC2CCC(F)(F)CC2)cc(N2CC3(COC3)C2)n1. The molecular formula is C17H22F2N4O3S. The monoisotopic (exact) mass is 400 g/mol. The Bertz CT molecular complexity index is 714. The maximum atomic E-state index is 13.2. The predicted molar refractivity (Wildman–Crippen MR) is 96.6 cm³/mol. The largest absolute Gasteiger partial charge is 0.446 e. The van der Waals surface area contributed by atoms with Crippen molar-refractivity contribution < 1.29 is 23.0 Å². The summed E-state index contributed by atoms with van der Waals surface area (Å²) in [7, 11) is 0. The molecule has 1 spiro atoms. The van der Waals surface area contributed by atoms with Gasteiger partial charge in [0.05, 0.1) is 18.6 Å². The highest BCUT2D eigenvalue weighted by Crippen LogP contribution is 2.40. The van der Waals surface area contributed by atoms with Gasteiger partial charge < -0.3 is 14.4 Å². The molecule has 1 N–H and O–H groups in total. The Balaban J connectivity index is 1.36. The van der Waals surface area contributed by atoms with Gasteiger partial charge in [0.15, 0.2) is 5.16 Å². The highest BCUT2D eigenvalue weighted by Gasteiger charge is 2.49. The van der Waals surface area contributed by atoms with E-state index in [2.05, 4.69) is 20.2 Å². The lowest BCUT2D eigenvalue weighted by Crippen LogP contribution is -2.66. The van der Waals surface area contributed by atoms with Gasteiger partial charge in [0.1, 0.15) is 17.7 Å². The lowest BCUT2D eigenvalue weighted by molar-refractivity contribution is -0.127. The number of amides is 1. The van der Waals surface area contributed by atoms with Crippen LogP contribution in [0, 0.1) is 5.41 Å². The Morgan fingerprint density at radius 3 is 2.63 bits per heavy atom. The summed E-state index contributed by atoms with van der Waals surface area (Å²) in [5.41, 5.74) is 0.250. The molecule has 1 aliphatic carbocycles. The fraction of sp³-hybridized carbons (Fsp3) is 0.706. The molecule has 0 aromatic carbocycles. The fourth-order valence-electron chi connectivity index (χ4n) is 3.65. The Hall–Kier alpha value is -1.68. The van der Waals surface area contributed by atoms with Gasteiger partial charge in [0, 0.05) is 32.0 Å². The molecule has 3 fully saturated rings. The van der Waals surface area contributed by atoms with E-state index in [0.717, 1.165) is 32.1 Å². The highest BCUT2D eigenvalue weighted by molar-refractivity contribution is 7.98. The topological polar surface area (TPSA) is 76.6 Å². The Morgan fingerprint density at radius 2 is 2.04 bits per heavy atom. The molecule has 1 aromatic rings. The molecule has 27 heavy (non-hydrogen) atoms. The van der Waals surface area contributed by atoms with Crippen molar-refractivity contribution in [1.29, 1.82) is 0 Å². The van der Waals surface area contributed by atoms with Gasteiger partial charge in [-0.15, -0.1) is 0 Å². The molecule has 7 nitrogen and oxygen atoms in total. The molecule has 2 aliphatic heterocycles. The fourth-order valence-corrected chi connectivity index (χ4v) is 4.02. The zero-order valence-corrected chi connectivity index (χ0v) is 15.9. The van der Waals surface area contributed by atoms with Crippen LogP contribution < -0.4 is 10.2 Å². The summed E-state index contributed by atoms with van der Waals surface area (Å²) in [5.74, 6) is -1.55. The summed E-state index contributed by atoms with van der Waals surface area (Å²) in [6.07, 6.45) is 0.543. The smallest absolute Gasteiger partial charge is 0.413 e. The van der Waals surface area contributed by atoms with Crippen LogP contribution >= 0.6 is 11.8 Å². The molecule has 0 unspecified atom stereocenters. The molecule has 1 saturated carbocycles. The van der Waals surface area contributed by atoms with Crippen molar-refractivity contribution in [2.45, 2.75) is 42.9 Å². The normalized spacial score (nSPS) is 23.4. The van der Waals surface area contributed by atoms with Crippen molar-refractivity contribution in [3.63, 3.8) is 0 Å². The second kappa shape index (κ2) is 7.05. The van der Waals surface area contributed by atoms with E-state index in [0.29, 0.717) is 11.0 Å². The number of ether oxygens (including phenoxy) is 2. The van der Waals surface area contributed by atoms with Crippen molar-refractivity contribution in [2.75, 3.05) is 42.8 Å². The van der Waals surface area contributed by atoms with Crippen LogP contribution in [0.3, 0.4) is 0 Å². The first kappa shape index (κ1) is 18.7. The van der Waals surface area contributed by atoms with Crippen LogP contribution in [-0.2, 0) is 9.47 Å². The molecule has 4 rings (SSSR count). The average Bonchev–Trinajstić information content (AvgIpc) is 2.54. The summed E-state index contributed by atoms with van der Waals surface area (Å²) >= 11 is 1.38. The van der Waals surface area contributed by atoms with Crippen molar-refractivity contribution in [3.8, 4) is 0 Å². The molecule has 0 bridgehead atoms. The molecular weight excluding hydrogens is 378 g/mol. The van der Waals surface area contributed by atoms with Gasteiger partial charge in [-0.25, -0.2) is 23.5 Å². The van der Waals surface area contributed by atoms with Crippen molar-refractivity contribution in [2.24, 2.45) is 5.41 Å². The highest BCUT2D eigenvalue weighted by atomic mass is 32.2. The molecule has 1 aromatic heterocycles. The number of nitrogens with zero attached hydrogens (tertiary/aromatic N) is 3. The van der Waals surface area contributed by atoms with Gasteiger partial charge in [-0.3, -0.25) is 5.32 Å². The standard InChI is InChI=1S/C17H22F2N4O3S/c1-27-14-20-12(6-13(22-14)23-7-16(8-23)9-25-10-16)21-15(24)26-11-2-4-17(18,19)5-3-11/h6,11H,2-5,7-10H2,1H3,(H,20,21,22,24). The number of hydrogen-bond acceptors (Lipinski definition) is 7. The number of carbonyl (C=O) groups is 1. The van der Waals surface area contributed by atoms with E-state index in [9.17, 15) is 13.6 Å². The minimum atomic E-state index is -2.65. The van der Waals surface area contributed by atoms with E-state index in [1.807, 2.05) is 6.26 Å². The lowest BCUT2D eigenvalue weighted by Gasteiger charge is -2.55. The minimum Gasteiger partial charge on any atom is -0.446 e. The molecule has 10 heteroatoms. The molecule has 0 radical (unpaired) electrons. The second-order valence-electron chi connectivity index (χ2n) is 7.53. The summed E-state index contributed by atoms with van der Waals surface area (Å²) in [4.78, 5) is 23.1. The average molecular weight is 400 g/mol. The Kier molecular flexibility index (Phi) is 4.87. The van der Waals surface area contributed by atoms with Gasteiger partial charge in [0.2, 0.25) is 5.92 Å². The molecule has 3 heterocycles. The van der Waals surface area contributed by atoms with E-state index >= 15 is 0 Å². The number of hydrogen-bond donors (Lipinski definition) is 1. The maximum Gasteiger partial charge on any atom is 0.413 e. The predicted octanol–water partition coefficient (Wildman–Crippen LogP) is 3.16. The Morgan fingerprint density at radius 1 is 1.33 bits per heavy atom. The van der Waals surface area contributed by atoms with Crippen LogP contribution in [0.25, 0.3) is 0 Å². The van der Waals surface area contributed by atoms with Crippen LogP contribution in [0.2, 0.25) is 0 Å².